The van der Waals surface area contributed by atoms with E-state index in [0.29, 0.717) is 0 Å². The first-order chi connectivity index (χ1) is 9.27. The van der Waals surface area contributed by atoms with Crippen LogP contribution in [0.1, 0.15) is 37.9 Å². The average molecular weight is 299 g/mol. The van der Waals surface area contributed by atoms with Crippen molar-refractivity contribution in [1.82, 2.24) is 5.32 Å². The Morgan fingerprint density at radius 1 is 1.25 bits per heavy atom. The van der Waals surface area contributed by atoms with E-state index in [2.05, 4.69) is 11.4 Å². The van der Waals surface area contributed by atoms with Crippen molar-refractivity contribution >= 4 is 9.84 Å². The lowest BCUT2D eigenvalue weighted by atomic mass is 10.0. The zero-order chi connectivity index (χ0) is 15.3. The van der Waals surface area contributed by atoms with Crippen LogP contribution in [0.2, 0.25) is 0 Å². The predicted molar refractivity (Wildman–Crippen MR) is 83.1 cm³/mol. The molecule has 0 saturated carbocycles. The molecule has 0 aliphatic heterocycles. The minimum Gasteiger partial charge on any atom is -0.492 e. The third kappa shape index (κ3) is 4.49. The second-order valence-electron chi connectivity index (χ2n) is 5.32. The molecular weight excluding hydrogens is 274 g/mol. The maximum Gasteiger partial charge on any atom is 0.155 e. The summed E-state index contributed by atoms with van der Waals surface area (Å²) in [4.78, 5) is 0. The van der Waals surface area contributed by atoms with E-state index in [1.807, 2.05) is 33.0 Å². The molecule has 1 rings (SSSR count). The lowest BCUT2D eigenvalue weighted by Gasteiger charge is -2.17. The topological polar surface area (TPSA) is 55.4 Å². The quantitative estimate of drug-likeness (QED) is 0.840. The fraction of sp³-hybridized carbons (Fsp3) is 0.600. The van der Waals surface area contributed by atoms with Gasteiger partial charge >= 0.3 is 0 Å². The van der Waals surface area contributed by atoms with E-state index in [1.54, 1.807) is 13.8 Å². The van der Waals surface area contributed by atoms with Crippen molar-refractivity contribution in [3.05, 3.63) is 29.3 Å². The fourth-order valence-corrected chi connectivity index (χ4v) is 2.58. The number of benzene rings is 1. The van der Waals surface area contributed by atoms with Crippen LogP contribution in [-0.4, -0.2) is 33.1 Å². The number of rotatable bonds is 7. The second-order valence-corrected chi connectivity index (χ2v) is 7.99. The molecular formula is C15H25NO3S. The number of hydrogen-bond donors (Lipinski definition) is 1. The molecule has 0 aliphatic carbocycles. The molecule has 0 bridgehead atoms. The first-order valence-corrected chi connectivity index (χ1v) is 8.61. The zero-order valence-corrected chi connectivity index (χ0v) is 13.8. The minimum atomic E-state index is -3.06. The summed E-state index contributed by atoms with van der Waals surface area (Å²) in [6.07, 6.45) is 0. The summed E-state index contributed by atoms with van der Waals surface area (Å²) < 4.78 is 29.2. The molecule has 0 heterocycles. The van der Waals surface area contributed by atoms with Gasteiger partial charge in [0.2, 0.25) is 0 Å². The first-order valence-electron chi connectivity index (χ1n) is 6.90. The van der Waals surface area contributed by atoms with Crippen LogP contribution < -0.4 is 10.1 Å². The lowest BCUT2D eigenvalue weighted by Crippen LogP contribution is -2.22. The summed E-state index contributed by atoms with van der Waals surface area (Å²) in [5.41, 5.74) is 2.21. The Labute approximate surface area is 122 Å². The highest BCUT2D eigenvalue weighted by Gasteiger charge is 2.17. The van der Waals surface area contributed by atoms with Crippen LogP contribution in [0.4, 0.5) is 0 Å². The van der Waals surface area contributed by atoms with Gasteiger partial charge in [0.25, 0.3) is 0 Å². The predicted octanol–water partition coefficient (Wildman–Crippen LogP) is 2.48. The SMILES string of the molecule is CNC(C)c1cc(C)ccc1OCCS(=O)(=O)C(C)C. The molecule has 4 nitrogen and oxygen atoms in total. The molecule has 114 valence electrons. The van der Waals surface area contributed by atoms with Crippen molar-refractivity contribution in [3.8, 4) is 5.75 Å². The summed E-state index contributed by atoms with van der Waals surface area (Å²) in [6, 6.07) is 6.10. The van der Waals surface area contributed by atoms with Crippen molar-refractivity contribution in [3.63, 3.8) is 0 Å². The molecule has 0 spiro atoms. The lowest BCUT2D eigenvalue weighted by molar-refractivity contribution is 0.333. The van der Waals surface area contributed by atoms with E-state index in [9.17, 15) is 8.42 Å². The number of hydrogen-bond acceptors (Lipinski definition) is 4. The fourth-order valence-electron chi connectivity index (χ4n) is 1.80. The molecule has 1 aromatic rings. The molecule has 0 saturated heterocycles. The van der Waals surface area contributed by atoms with E-state index in [1.165, 1.54) is 0 Å². The van der Waals surface area contributed by atoms with Crippen molar-refractivity contribution in [1.29, 1.82) is 0 Å². The summed E-state index contributed by atoms with van der Waals surface area (Å²) in [5.74, 6) is 0.794. The molecule has 0 fully saturated rings. The van der Waals surface area contributed by atoms with Crippen LogP contribution in [0, 0.1) is 6.92 Å². The van der Waals surface area contributed by atoms with Crippen LogP contribution >= 0.6 is 0 Å². The Bertz CT molecular complexity index is 538. The number of nitrogens with one attached hydrogen (secondary N) is 1. The van der Waals surface area contributed by atoms with Crippen LogP contribution in [-0.2, 0) is 9.84 Å². The molecule has 20 heavy (non-hydrogen) atoms. The average Bonchev–Trinajstić information content (AvgIpc) is 2.39. The van der Waals surface area contributed by atoms with Gasteiger partial charge in [-0.1, -0.05) is 17.7 Å². The third-order valence-corrected chi connectivity index (χ3v) is 5.58. The largest absolute Gasteiger partial charge is 0.492 e. The summed E-state index contributed by atoms with van der Waals surface area (Å²) >= 11 is 0. The maximum absolute atomic E-state index is 11.8. The van der Waals surface area contributed by atoms with E-state index in [0.717, 1.165) is 16.9 Å². The van der Waals surface area contributed by atoms with E-state index in [4.69, 9.17) is 4.74 Å². The van der Waals surface area contributed by atoms with E-state index in [-0.39, 0.29) is 23.7 Å². The van der Waals surface area contributed by atoms with Crippen molar-refractivity contribution < 1.29 is 13.2 Å². The minimum absolute atomic E-state index is 0.0475. The molecule has 0 aromatic heterocycles. The van der Waals surface area contributed by atoms with Gasteiger partial charge in [-0.2, -0.15) is 0 Å². The van der Waals surface area contributed by atoms with Gasteiger partial charge < -0.3 is 10.1 Å². The molecule has 0 radical (unpaired) electrons. The highest BCUT2D eigenvalue weighted by atomic mass is 32.2. The van der Waals surface area contributed by atoms with Gasteiger partial charge in [0.15, 0.2) is 9.84 Å². The Kier molecular flexibility index (Phi) is 6.02. The molecule has 0 aliphatic rings. The highest BCUT2D eigenvalue weighted by Crippen LogP contribution is 2.26. The Morgan fingerprint density at radius 2 is 1.90 bits per heavy atom. The summed E-state index contributed by atoms with van der Waals surface area (Å²) in [6.45, 7) is 7.64. The van der Waals surface area contributed by atoms with Gasteiger partial charge in [0.1, 0.15) is 12.4 Å². The van der Waals surface area contributed by atoms with Crippen LogP contribution in [0.15, 0.2) is 18.2 Å². The second kappa shape index (κ2) is 7.09. The Hall–Kier alpha value is -1.07. The number of aryl methyl sites for hydroxylation is 1. The van der Waals surface area contributed by atoms with Gasteiger partial charge in [0.05, 0.1) is 11.0 Å². The van der Waals surface area contributed by atoms with Gasteiger partial charge in [0, 0.05) is 11.6 Å². The summed E-state index contributed by atoms with van der Waals surface area (Å²) in [7, 11) is -1.17. The normalized spacial score (nSPS) is 13.5. The zero-order valence-electron chi connectivity index (χ0n) is 12.9. The van der Waals surface area contributed by atoms with E-state index >= 15 is 0 Å². The molecule has 0 amide bonds. The van der Waals surface area contributed by atoms with Crippen molar-refractivity contribution in [2.75, 3.05) is 19.4 Å². The smallest absolute Gasteiger partial charge is 0.155 e. The molecule has 1 atom stereocenters. The number of sulfone groups is 1. The third-order valence-electron chi connectivity index (χ3n) is 3.41. The Morgan fingerprint density at radius 3 is 2.45 bits per heavy atom. The Balaban J connectivity index is 2.78. The van der Waals surface area contributed by atoms with Crippen LogP contribution in [0.5, 0.6) is 5.75 Å². The number of ether oxygens (including phenoxy) is 1. The molecule has 1 N–H and O–H groups in total. The van der Waals surface area contributed by atoms with Crippen molar-refractivity contribution in [2.24, 2.45) is 0 Å². The highest BCUT2D eigenvalue weighted by molar-refractivity contribution is 7.91. The molecule has 1 aromatic carbocycles. The maximum atomic E-state index is 11.8. The van der Waals surface area contributed by atoms with Crippen molar-refractivity contribution in [2.45, 2.75) is 39.0 Å². The van der Waals surface area contributed by atoms with Gasteiger partial charge in [-0.05, 0) is 40.8 Å². The van der Waals surface area contributed by atoms with Crippen LogP contribution in [0.25, 0.3) is 0 Å². The van der Waals surface area contributed by atoms with Gasteiger partial charge in [-0.3, -0.25) is 0 Å². The monoisotopic (exact) mass is 299 g/mol. The standard InChI is InChI=1S/C15H25NO3S/c1-11(2)20(17,18)9-8-19-15-7-6-12(3)10-14(15)13(4)16-5/h6-7,10-11,13,16H,8-9H2,1-5H3. The van der Waals surface area contributed by atoms with Gasteiger partial charge in [-0.15, -0.1) is 0 Å². The first kappa shape index (κ1) is 17.0. The molecule has 5 heteroatoms. The summed E-state index contributed by atoms with van der Waals surface area (Å²) in [5, 5.41) is 2.81. The van der Waals surface area contributed by atoms with E-state index < -0.39 is 9.84 Å². The van der Waals surface area contributed by atoms with Crippen LogP contribution in [0.3, 0.4) is 0 Å². The molecule has 1 unspecified atom stereocenters. The van der Waals surface area contributed by atoms with Gasteiger partial charge in [-0.25, -0.2) is 8.42 Å².